The number of aliphatic hydroxyl groups is 1. The van der Waals surface area contributed by atoms with Crippen LogP contribution in [0.3, 0.4) is 0 Å². The van der Waals surface area contributed by atoms with Crippen LogP contribution >= 0.6 is 24.0 Å². The number of carbonyl (C=O) groups is 1. The van der Waals surface area contributed by atoms with Crippen molar-refractivity contribution in [2.24, 2.45) is 4.99 Å². The van der Waals surface area contributed by atoms with Crippen molar-refractivity contribution in [2.45, 2.75) is 31.4 Å². The van der Waals surface area contributed by atoms with Gasteiger partial charge in [-0.15, -0.1) is 24.0 Å². The zero-order valence-electron chi connectivity index (χ0n) is 18.4. The van der Waals surface area contributed by atoms with Gasteiger partial charge in [0.15, 0.2) is 5.96 Å². The molecule has 1 fully saturated rings. The molecule has 1 saturated heterocycles. The van der Waals surface area contributed by atoms with Crippen LogP contribution in [0, 0.1) is 0 Å². The molecular weight excluding hydrogens is 519 g/mol. The molecule has 8 heteroatoms. The third-order valence-electron chi connectivity index (χ3n) is 5.39. The maximum absolute atomic E-state index is 12.4. The third kappa shape index (κ3) is 8.07. The number of hydrogen-bond donors (Lipinski definition) is 4. The van der Waals surface area contributed by atoms with Crippen molar-refractivity contribution in [2.75, 3.05) is 33.4 Å². The molecule has 3 rings (SSSR count). The average Bonchev–Trinajstić information content (AvgIpc) is 3.34. The van der Waals surface area contributed by atoms with Gasteiger partial charge in [-0.05, 0) is 36.1 Å². The lowest BCUT2D eigenvalue weighted by atomic mass is 10.0. The fourth-order valence-corrected chi connectivity index (χ4v) is 3.58. The Morgan fingerprint density at radius 2 is 1.97 bits per heavy atom. The lowest BCUT2D eigenvalue weighted by Gasteiger charge is -2.18. The van der Waals surface area contributed by atoms with E-state index in [1.54, 1.807) is 7.05 Å². The zero-order chi connectivity index (χ0) is 21.9. The van der Waals surface area contributed by atoms with Gasteiger partial charge in [-0.2, -0.15) is 0 Å². The minimum absolute atomic E-state index is 0. The molecule has 0 bridgehead atoms. The summed E-state index contributed by atoms with van der Waals surface area (Å²) in [5.41, 5.74) is 2.69. The molecule has 2 unspecified atom stereocenters. The Morgan fingerprint density at radius 1 is 1.16 bits per heavy atom. The number of aliphatic hydroxyl groups excluding tert-OH is 1. The SMILES string of the molecule is CN=C(NCc1cccc(C(=O)NCC2CCCO2)c1)NCC(CO)c1ccccc1.I. The molecule has 1 heterocycles. The van der Waals surface area contributed by atoms with E-state index in [4.69, 9.17) is 4.74 Å². The van der Waals surface area contributed by atoms with E-state index < -0.39 is 0 Å². The number of amides is 1. The monoisotopic (exact) mass is 552 g/mol. The van der Waals surface area contributed by atoms with Gasteiger partial charge in [-0.3, -0.25) is 9.79 Å². The van der Waals surface area contributed by atoms with E-state index in [-0.39, 0.29) is 48.5 Å². The largest absolute Gasteiger partial charge is 0.396 e. The first kappa shape index (κ1) is 26.1. The molecule has 0 aromatic heterocycles. The Labute approximate surface area is 207 Å². The summed E-state index contributed by atoms with van der Waals surface area (Å²) in [4.78, 5) is 16.7. The van der Waals surface area contributed by atoms with E-state index in [1.807, 2.05) is 54.6 Å². The van der Waals surface area contributed by atoms with E-state index in [2.05, 4.69) is 20.9 Å². The molecule has 2 atom stereocenters. The molecule has 0 spiro atoms. The smallest absolute Gasteiger partial charge is 0.251 e. The first-order valence-corrected chi connectivity index (χ1v) is 10.8. The molecule has 32 heavy (non-hydrogen) atoms. The standard InChI is InChI=1S/C24H32N4O3.HI/c1-25-24(28-15-21(17-29)19-8-3-2-4-9-19)27-14-18-7-5-10-20(13-18)23(30)26-16-22-11-6-12-31-22;/h2-5,7-10,13,21-22,29H,6,11-12,14-17H2,1H3,(H,26,30)(H2,25,27,28);1H. The minimum Gasteiger partial charge on any atom is -0.396 e. The van der Waals surface area contributed by atoms with Crippen LogP contribution in [-0.4, -0.2) is 56.4 Å². The van der Waals surface area contributed by atoms with E-state index >= 15 is 0 Å². The average molecular weight is 552 g/mol. The van der Waals surface area contributed by atoms with Crippen LogP contribution in [-0.2, 0) is 11.3 Å². The van der Waals surface area contributed by atoms with Gasteiger partial charge in [-0.1, -0.05) is 42.5 Å². The maximum atomic E-state index is 12.4. The second-order valence-corrected chi connectivity index (χ2v) is 7.64. The number of nitrogens with one attached hydrogen (secondary N) is 3. The zero-order valence-corrected chi connectivity index (χ0v) is 20.8. The van der Waals surface area contributed by atoms with Crippen LogP contribution in [0.25, 0.3) is 0 Å². The summed E-state index contributed by atoms with van der Waals surface area (Å²) < 4.78 is 5.56. The highest BCUT2D eigenvalue weighted by atomic mass is 127. The molecule has 1 aliphatic rings. The number of carbonyl (C=O) groups excluding carboxylic acids is 1. The highest BCUT2D eigenvalue weighted by Gasteiger charge is 2.17. The van der Waals surface area contributed by atoms with E-state index in [9.17, 15) is 9.90 Å². The molecule has 2 aromatic carbocycles. The summed E-state index contributed by atoms with van der Waals surface area (Å²) in [7, 11) is 1.71. The number of guanidine groups is 1. The highest BCUT2D eigenvalue weighted by molar-refractivity contribution is 14.0. The topological polar surface area (TPSA) is 95.0 Å². The van der Waals surface area contributed by atoms with Crippen molar-refractivity contribution in [1.82, 2.24) is 16.0 Å². The molecular formula is C24H33IN4O3. The number of aliphatic imine (C=N–C) groups is 1. The number of halogens is 1. The molecule has 1 amide bonds. The molecule has 0 radical (unpaired) electrons. The summed E-state index contributed by atoms with van der Waals surface area (Å²) in [6, 6.07) is 17.5. The van der Waals surface area contributed by atoms with Gasteiger partial charge < -0.3 is 25.8 Å². The number of rotatable bonds is 9. The first-order chi connectivity index (χ1) is 15.2. The molecule has 1 aliphatic heterocycles. The van der Waals surface area contributed by atoms with E-state index in [0.29, 0.717) is 31.2 Å². The molecule has 0 aliphatic carbocycles. The Bertz CT molecular complexity index is 857. The van der Waals surface area contributed by atoms with Crippen molar-refractivity contribution in [3.63, 3.8) is 0 Å². The fourth-order valence-electron chi connectivity index (χ4n) is 3.58. The van der Waals surface area contributed by atoms with Crippen molar-refractivity contribution in [1.29, 1.82) is 0 Å². The van der Waals surface area contributed by atoms with Crippen LogP contribution in [0.15, 0.2) is 59.6 Å². The number of benzene rings is 2. The second kappa shape index (κ2) is 14.1. The quantitative estimate of drug-likeness (QED) is 0.218. The predicted octanol–water partition coefficient (Wildman–Crippen LogP) is 2.65. The number of hydrogen-bond acceptors (Lipinski definition) is 4. The van der Waals surface area contributed by atoms with Crippen molar-refractivity contribution in [3.05, 3.63) is 71.3 Å². The number of ether oxygens (including phenoxy) is 1. The normalized spacial score (nSPS) is 16.7. The van der Waals surface area contributed by atoms with Gasteiger partial charge in [0.25, 0.3) is 5.91 Å². The predicted molar refractivity (Wildman–Crippen MR) is 138 cm³/mol. The highest BCUT2D eigenvalue weighted by Crippen LogP contribution is 2.14. The summed E-state index contributed by atoms with van der Waals surface area (Å²) in [5.74, 6) is 0.534. The van der Waals surface area contributed by atoms with Gasteiger partial charge in [0.05, 0.1) is 12.7 Å². The van der Waals surface area contributed by atoms with Crippen molar-refractivity contribution < 1.29 is 14.6 Å². The van der Waals surface area contributed by atoms with Crippen molar-refractivity contribution >= 4 is 35.8 Å². The van der Waals surface area contributed by atoms with Gasteiger partial charge >= 0.3 is 0 Å². The fraction of sp³-hybridized carbons (Fsp3) is 0.417. The lowest BCUT2D eigenvalue weighted by Crippen LogP contribution is -2.39. The van der Waals surface area contributed by atoms with Crippen LogP contribution < -0.4 is 16.0 Å². The Kier molecular flexibility index (Phi) is 11.5. The Balaban J connectivity index is 0.00000363. The van der Waals surface area contributed by atoms with E-state index in [0.717, 1.165) is 30.6 Å². The third-order valence-corrected chi connectivity index (χ3v) is 5.39. The van der Waals surface area contributed by atoms with Crippen LogP contribution in [0.1, 0.15) is 40.2 Å². The number of nitrogens with zero attached hydrogens (tertiary/aromatic N) is 1. The summed E-state index contributed by atoms with van der Waals surface area (Å²) in [6.45, 7) is 2.47. The first-order valence-electron chi connectivity index (χ1n) is 10.8. The minimum atomic E-state index is -0.0893. The van der Waals surface area contributed by atoms with Crippen LogP contribution in [0.2, 0.25) is 0 Å². The van der Waals surface area contributed by atoms with E-state index in [1.165, 1.54) is 0 Å². The second-order valence-electron chi connectivity index (χ2n) is 7.64. The van der Waals surface area contributed by atoms with Gasteiger partial charge in [0.2, 0.25) is 0 Å². The van der Waals surface area contributed by atoms with Crippen LogP contribution in [0.4, 0.5) is 0 Å². The van der Waals surface area contributed by atoms with Gasteiger partial charge in [-0.25, -0.2) is 0 Å². The molecule has 0 saturated carbocycles. The Morgan fingerprint density at radius 3 is 2.66 bits per heavy atom. The summed E-state index contributed by atoms with van der Waals surface area (Å²) in [6.07, 6.45) is 2.18. The molecule has 174 valence electrons. The maximum Gasteiger partial charge on any atom is 0.251 e. The summed E-state index contributed by atoms with van der Waals surface area (Å²) >= 11 is 0. The summed E-state index contributed by atoms with van der Waals surface area (Å²) in [5, 5.41) is 19.2. The van der Waals surface area contributed by atoms with Crippen molar-refractivity contribution in [3.8, 4) is 0 Å². The molecule has 2 aromatic rings. The van der Waals surface area contributed by atoms with Gasteiger partial charge in [0.1, 0.15) is 0 Å². The molecule has 7 nitrogen and oxygen atoms in total. The Hall–Kier alpha value is -2.17. The lowest BCUT2D eigenvalue weighted by molar-refractivity contribution is 0.0857. The molecule has 4 N–H and O–H groups in total. The van der Waals surface area contributed by atoms with Crippen LogP contribution in [0.5, 0.6) is 0 Å². The van der Waals surface area contributed by atoms with Gasteiger partial charge in [0, 0.05) is 44.8 Å².